The van der Waals surface area contributed by atoms with Crippen molar-refractivity contribution in [1.82, 2.24) is 9.29 Å². The predicted octanol–water partition coefficient (Wildman–Crippen LogP) is 3.42. The van der Waals surface area contributed by atoms with E-state index in [4.69, 9.17) is 4.74 Å². The van der Waals surface area contributed by atoms with Crippen LogP contribution in [0.1, 0.15) is 38.1 Å². The summed E-state index contributed by atoms with van der Waals surface area (Å²) in [5.74, 6) is -0.0484. The van der Waals surface area contributed by atoms with Gasteiger partial charge in [-0.25, -0.2) is 18.2 Å². The van der Waals surface area contributed by atoms with Crippen molar-refractivity contribution in [2.75, 3.05) is 12.4 Å². The van der Waals surface area contributed by atoms with Gasteiger partial charge in [0, 0.05) is 18.3 Å². The minimum absolute atomic E-state index is 0.122. The van der Waals surface area contributed by atoms with Gasteiger partial charge in [0.15, 0.2) is 0 Å². The van der Waals surface area contributed by atoms with Gasteiger partial charge < -0.3 is 10.1 Å². The molecule has 8 heteroatoms. The number of anilines is 2. The van der Waals surface area contributed by atoms with Crippen molar-refractivity contribution in [3.63, 3.8) is 0 Å². The Hall–Kier alpha value is -2.45. The Labute approximate surface area is 160 Å². The van der Waals surface area contributed by atoms with Crippen LogP contribution in [0.4, 0.5) is 11.5 Å². The second-order valence-electron chi connectivity index (χ2n) is 6.56. The molecule has 0 aliphatic rings. The first-order chi connectivity index (χ1) is 12.7. The second-order valence-corrected chi connectivity index (χ2v) is 8.41. The van der Waals surface area contributed by atoms with E-state index in [1.807, 2.05) is 27.7 Å². The maximum Gasteiger partial charge on any atom is 0.339 e. The third-order valence-corrected chi connectivity index (χ3v) is 6.16. The lowest BCUT2D eigenvalue weighted by atomic mass is 10.2. The predicted molar refractivity (Wildman–Crippen MR) is 105 cm³/mol. The molecule has 0 fully saturated rings. The molecule has 0 amide bonds. The summed E-state index contributed by atoms with van der Waals surface area (Å²) in [5.41, 5.74) is 0.891. The number of para-hydroxylation sites is 1. The number of hydrogen-bond donors (Lipinski definition) is 1. The molecule has 1 N–H and O–H groups in total. The molecule has 2 rings (SSSR count). The Morgan fingerprint density at radius 2 is 1.70 bits per heavy atom. The van der Waals surface area contributed by atoms with Crippen molar-refractivity contribution >= 4 is 27.5 Å². The van der Waals surface area contributed by atoms with Crippen LogP contribution in [0.2, 0.25) is 0 Å². The summed E-state index contributed by atoms with van der Waals surface area (Å²) in [5, 5.41) is 3.02. The van der Waals surface area contributed by atoms with Gasteiger partial charge >= 0.3 is 5.97 Å². The number of carbonyl (C=O) groups excluding carboxylic acids is 1. The van der Waals surface area contributed by atoms with Crippen LogP contribution in [0.5, 0.6) is 0 Å². The average molecular weight is 391 g/mol. The zero-order valence-corrected chi connectivity index (χ0v) is 16.9. The highest BCUT2D eigenvalue weighted by Crippen LogP contribution is 2.24. The van der Waals surface area contributed by atoms with Crippen molar-refractivity contribution in [3.8, 4) is 0 Å². The topological polar surface area (TPSA) is 88.6 Å². The highest BCUT2D eigenvalue weighted by atomic mass is 32.2. The average Bonchev–Trinajstić information content (AvgIpc) is 2.61. The maximum absolute atomic E-state index is 12.9. The minimum atomic E-state index is -3.65. The van der Waals surface area contributed by atoms with Crippen LogP contribution in [-0.4, -0.2) is 42.9 Å². The van der Waals surface area contributed by atoms with E-state index in [9.17, 15) is 13.2 Å². The van der Waals surface area contributed by atoms with Crippen LogP contribution in [0.25, 0.3) is 0 Å². The Morgan fingerprint density at radius 1 is 1.07 bits per heavy atom. The molecule has 0 atom stereocenters. The summed E-state index contributed by atoms with van der Waals surface area (Å²) in [4.78, 5) is 16.2. The van der Waals surface area contributed by atoms with Crippen LogP contribution in [-0.2, 0) is 14.8 Å². The van der Waals surface area contributed by atoms with Gasteiger partial charge in [-0.1, -0.05) is 12.1 Å². The van der Waals surface area contributed by atoms with Crippen molar-refractivity contribution in [3.05, 3.63) is 48.2 Å². The first-order valence-corrected chi connectivity index (χ1v) is 10.1. The number of nitrogens with zero attached hydrogens (tertiary/aromatic N) is 2. The number of esters is 1. The zero-order valence-electron chi connectivity index (χ0n) is 16.1. The fraction of sp³-hybridized carbons (Fsp3) is 0.368. The van der Waals surface area contributed by atoms with Gasteiger partial charge in [0.05, 0.1) is 18.4 Å². The molecule has 146 valence electrons. The van der Waals surface area contributed by atoms with Gasteiger partial charge in [-0.3, -0.25) is 0 Å². The van der Waals surface area contributed by atoms with E-state index in [2.05, 4.69) is 10.3 Å². The highest BCUT2D eigenvalue weighted by Gasteiger charge is 2.29. The monoisotopic (exact) mass is 391 g/mol. The van der Waals surface area contributed by atoms with Gasteiger partial charge in [-0.2, -0.15) is 4.31 Å². The van der Waals surface area contributed by atoms with Crippen LogP contribution >= 0.6 is 0 Å². The minimum Gasteiger partial charge on any atom is -0.465 e. The van der Waals surface area contributed by atoms with Crippen LogP contribution in [0.15, 0.2) is 47.5 Å². The van der Waals surface area contributed by atoms with E-state index in [0.717, 1.165) is 0 Å². The number of aromatic nitrogens is 1. The van der Waals surface area contributed by atoms with Crippen LogP contribution in [0, 0.1) is 0 Å². The lowest BCUT2D eigenvalue weighted by Crippen LogP contribution is -2.41. The molecular weight excluding hydrogens is 366 g/mol. The normalized spacial score (nSPS) is 11.9. The fourth-order valence-corrected chi connectivity index (χ4v) is 4.68. The van der Waals surface area contributed by atoms with Gasteiger partial charge in [-0.15, -0.1) is 0 Å². The Balaban J connectivity index is 2.30. The van der Waals surface area contributed by atoms with Crippen LogP contribution in [0.3, 0.4) is 0 Å². The number of nitrogens with one attached hydrogen (secondary N) is 1. The van der Waals surface area contributed by atoms with E-state index in [1.54, 1.807) is 30.3 Å². The van der Waals surface area contributed by atoms with Gasteiger partial charge in [-0.05, 0) is 52.0 Å². The summed E-state index contributed by atoms with van der Waals surface area (Å²) in [6, 6.07) is 9.60. The van der Waals surface area contributed by atoms with E-state index in [1.165, 1.54) is 23.7 Å². The third-order valence-electron chi connectivity index (χ3n) is 3.92. The number of methoxy groups -OCH3 is 1. The molecule has 0 saturated carbocycles. The first-order valence-electron chi connectivity index (χ1n) is 8.62. The number of pyridine rings is 1. The van der Waals surface area contributed by atoms with Crippen molar-refractivity contribution in [1.29, 1.82) is 0 Å². The third kappa shape index (κ3) is 4.64. The highest BCUT2D eigenvalue weighted by molar-refractivity contribution is 7.89. The summed E-state index contributed by atoms with van der Waals surface area (Å²) >= 11 is 0. The van der Waals surface area contributed by atoms with Crippen molar-refractivity contribution < 1.29 is 17.9 Å². The van der Waals surface area contributed by atoms with Gasteiger partial charge in [0.1, 0.15) is 10.7 Å². The first kappa shape index (κ1) is 20.9. The second kappa shape index (κ2) is 8.49. The smallest absolute Gasteiger partial charge is 0.339 e. The summed E-state index contributed by atoms with van der Waals surface area (Å²) in [6.45, 7) is 7.35. The number of rotatable bonds is 7. The Morgan fingerprint density at radius 3 is 2.22 bits per heavy atom. The number of carbonyl (C=O) groups is 1. The molecule has 0 radical (unpaired) electrons. The lowest BCUT2D eigenvalue weighted by Gasteiger charge is -2.29. The molecule has 0 aliphatic carbocycles. The molecule has 1 aromatic heterocycles. The maximum atomic E-state index is 12.9. The standard InChI is InChI=1S/C19H25N3O4S/c1-13(2)22(14(3)4)27(24,25)15-10-11-18(20-12-15)21-17-9-7-6-8-16(17)19(23)26-5/h6-14H,1-5H3,(H,20,21). The molecule has 7 nitrogen and oxygen atoms in total. The molecule has 1 aromatic carbocycles. The molecule has 0 saturated heterocycles. The molecule has 1 heterocycles. The number of benzene rings is 1. The molecule has 2 aromatic rings. The van der Waals surface area contributed by atoms with Crippen LogP contribution < -0.4 is 5.32 Å². The Kier molecular flexibility index (Phi) is 6.56. The van der Waals surface area contributed by atoms with E-state index in [-0.39, 0.29) is 17.0 Å². The molecular formula is C19H25N3O4S. The van der Waals surface area contributed by atoms with Crippen molar-refractivity contribution in [2.24, 2.45) is 0 Å². The van der Waals surface area contributed by atoms with Crippen molar-refractivity contribution in [2.45, 2.75) is 44.7 Å². The van der Waals surface area contributed by atoms with Gasteiger partial charge in [0.25, 0.3) is 0 Å². The molecule has 27 heavy (non-hydrogen) atoms. The number of ether oxygens (including phenoxy) is 1. The molecule has 0 spiro atoms. The quantitative estimate of drug-likeness (QED) is 0.728. The Bertz CT molecular complexity index is 885. The van der Waals surface area contributed by atoms with E-state index < -0.39 is 16.0 Å². The molecule has 0 unspecified atom stereocenters. The summed E-state index contributed by atoms with van der Waals surface area (Å²) < 4.78 is 32.0. The summed E-state index contributed by atoms with van der Waals surface area (Å²) in [7, 11) is -2.33. The zero-order chi connectivity index (χ0) is 20.2. The lowest BCUT2D eigenvalue weighted by molar-refractivity contribution is 0.0602. The largest absolute Gasteiger partial charge is 0.465 e. The van der Waals surface area contributed by atoms with E-state index >= 15 is 0 Å². The fourth-order valence-electron chi connectivity index (χ4n) is 2.90. The SMILES string of the molecule is COC(=O)c1ccccc1Nc1ccc(S(=O)(=O)N(C(C)C)C(C)C)cn1. The molecule has 0 aliphatic heterocycles. The van der Waals surface area contributed by atoms with E-state index in [0.29, 0.717) is 17.1 Å². The van der Waals surface area contributed by atoms with Gasteiger partial charge in [0.2, 0.25) is 10.0 Å². The molecule has 0 bridgehead atoms. The number of sulfonamides is 1. The summed E-state index contributed by atoms with van der Waals surface area (Å²) in [6.07, 6.45) is 1.32. The number of hydrogen-bond acceptors (Lipinski definition) is 6.